The first-order valence-corrected chi connectivity index (χ1v) is 15.1. The molecule has 1 aromatic heterocycles. The van der Waals surface area contributed by atoms with Crippen molar-refractivity contribution in [3.63, 3.8) is 0 Å². The van der Waals surface area contributed by atoms with Crippen LogP contribution in [0.1, 0.15) is 96.6 Å². The number of aromatic nitrogens is 1. The number of ether oxygens (including phenoxy) is 1. The molecule has 208 valence electrons. The Balaban J connectivity index is 1.70. The number of benzene rings is 2. The van der Waals surface area contributed by atoms with Crippen molar-refractivity contribution in [2.24, 2.45) is 0 Å². The van der Waals surface area contributed by atoms with Crippen molar-refractivity contribution < 1.29 is 9.53 Å². The molecule has 0 aliphatic carbocycles. The molecular weight excluding hydrogens is 468 g/mol. The molecule has 2 aromatic carbocycles. The van der Waals surface area contributed by atoms with Gasteiger partial charge in [-0.2, -0.15) is 0 Å². The van der Waals surface area contributed by atoms with Crippen molar-refractivity contribution in [1.29, 1.82) is 0 Å². The average Bonchev–Trinajstić information content (AvgIpc) is 3.23. The highest BCUT2D eigenvalue weighted by Crippen LogP contribution is 2.31. The van der Waals surface area contributed by atoms with Gasteiger partial charge in [0.2, 0.25) is 0 Å². The predicted molar refractivity (Wildman–Crippen MR) is 163 cm³/mol. The van der Waals surface area contributed by atoms with E-state index in [2.05, 4.69) is 73.2 Å². The molecule has 38 heavy (non-hydrogen) atoms. The Morgan fingerprint density at radius 2 is 1.45 bits per heavy atom. The molecule has 3 aromatic rings. The second kappa shape index (κ2) is 15.7. The van der Waals surface area contributed by atoms with Gasteiger partial charge < -0.3 is 9.30 Å². The van der Waals surface area contributed by atoms with Crippen LogP contribution in [0, 0.1) is 0 Å². The molecule has 0 aliphatic heterocycles. The van der Waals surface area contributed by atoms with Crippen molar-refractivity contribution in [1.82, 2.24) is 9.47 Å². The first kappa shape index (κ1) is 30.0. The van der Waals surface area contributed by atoms with E-state index in [1.165, 1.54) is 77.9 Å². The van der Waals surface area contributed by atoms with Crippen LogP contribution in [0.15, 0.2) is 48.6 Å². The fraction of sp³-hybridized carbons (Fsp3) is 0.559. The highest BCUT2D eigenvalue weighted by atomic mass is 16.5. The molecule has 0 unspecified atom stereocenters. The van der Waals surface area contributed by atoms with Crippen molar-refractivity contribution in [2.45, 2.75) is 105 Å². The van der Waals surface area contributed by atoms with Gasteiger partial charge in [-0.05, 0) is 101 Å². The number of carbonyl (C=O) groups excluding carboxylic acids is 1. The monoisotopic (exact) mass is 518 g/mol. The largest absolute Gasteiger partial charge is 0.462 e. The summed E-state index contributed by atoms with van der Waals surface area (Å²) in [5.41, 5.74) is 6.03. The maximum absolute atomic E-state index is 11.6. The first-order chi connectivity index (χ1) is 18.5. The van der Waals surface area contributed by atoms with E-state index in [0.717, 1.165) is 45.4 Å². The minimum Gasteiger partial charge on any atom is -0.462 e. The Kier molecular flexibility index (Phi) is 12.4. The molecule has 0 saturated carbocycles. The topological polar surface area (TPSA) is 34.5 Å². The van der Waals surface area contributed by atoms with Crippen LogP contribution in [-0.4, -0.2) is 35.1 Å². The molecule has 3 rings (SSSR count). The summed E-state index contributed by atoms with van der Waals surface area (Å²) < 4.78 is 7.71. The highest BCUT2D eigenvalue weighted by molar-refractivity contribution is 6.08. The van der Waals surface area contributed by atoms with Crippen molar-refractivity contribution in [3.05, 3.63) is 59.7 Å². The Morgan fingerprint density at radius 3 is 2.11 bits per heavy atom. The number of nitrogens with zero attached hydrogens (tertiary/aromatic N) is 2. The third-order valence-corrected chi connectivity index (χ3v) is 7.56. The number of hydrogen-bond acceptors (Lipinski definition) is 3. The molecule has 4 nitrogen and oxygen atoms in total. The van der Waals surface area contributed by atoms with Crippen LogP contribution in [0.25, 0.3) is 21.8 Å². The molecule has 0 bridgehead atoms. The number of hydrogen-bond donors (Lipinski definition) is 0. The second-order valence-corrected chi connectivity index (χ2v) is 10.9. The zero-order chi connectivity index (χ0) is 27.3. The highest BCUT2D eigenvalue weighted by Gasteiger charge is 2.13. The predicted octanol–water partition coefficient (Wildman–Crippen LogP) is 8.83. The number of fused-ring (bicyclic) bond motifs is 3. The van der Waals surface area contributed by atoms with E-state index in [9.17, 15) is 4.79 Å². The van der Waals surface area contributed by atoms with E-state index < -0.39 is 0 Å². The van der Waals surface area contributed by atoms with Gasteiger partial charge in [0.25, 0.3) is 0 Å². The zero-order valence-electron chi connectivity index (χ0n) is 24.5. The van der Waals surface area contributed by atoms with Crippen LogP contribution >= 0.6 is 0 Å². The van der Waals surface area contributed by atoms with Gasteiger partial charge >= 0.3 is 5.97 Å². The third kappa shape index (κ3) is 8.46. The van der Waals surface area contributed by atoms with E-state index >= 15 is 0 Å². The summed E-state index contributed by atoms with van der Waals surface area (Å²) in [5.74, 6) is -0.280. The summed E-state index contributed by atoms with van der Waals surface area (Å²) in [6, 6.07) is 14.2. The van der Waals surface area contributed by atoms with Gasteiger partial charge in [0.05, 0.1) is 6.61 Å². The van der Waals surface area contributed by atoms with Gasteiger partial charge in [0.15, 0.2) is 0 Å². The van der Waals surface area contributed by atoms with E-state index in [1.54, 1.807) is 6.92 Å². The Hall–Kier alpha value is -2.59. The molecule has 1 heterocycles. The average molecular weight is 519 g/mol. The Morgan fingerprint density at radius 1 is 0.816 bits per heavy atom. The van der Waals surface area contributed by atoms with Crippen LogP contribution in [0.2, 0.25) is 0 Å². The second-order valence-electron chi connectivity index (χ2n) is 10.9. The lowest BCUT2D eigenvalue weighted by Gasteiger charge is -2.22. The molecule has 4 heteroatoms. The summed E-state index contributed by atoms with van der Waals surface area (Å²) >= 11 is 0. The first-order valence-electron chi connectivity index (χ1n) is 15.1. The van der Waals surface area contributed by atoms with Crippen LogP contribution in [0.4, 0.5) is 0 Å². The van der Waals surface area contributed by atoms with Crippen molar-refractivity contribution in [3.8, 4) is 0 Å². The molecule has 0 fully saturated rings. The molecular formula is C34H50N2O2. The van der Waals surface area contributed by atoms with E-state index in [4.69, 9.17) is 4.74 Å². The molecule has 0 atom stereocenters. The van der Waals surface area contributed by atoms with E-state index in [0.29, 0.717) is 12.2 Å². The number of rotatable bonds is 18. The van der Waals surface area contributed by atoms with Gasteiger partial charge in [-0.15, -0.1) is 0 Å². The summed E-state index contributed by atoms with van der Waals surface area (Å²) in [6.07, 6.45) is 11.9. The normalized spacial score (nSPS) is 11.6. The van der Waals surface area contributed by atoms with E-state index in [-0.39, 0.29) is 5.97 Å². The molecule has 0 aliphatic rings. The summed E-state index contributed by atoms with van der Waals surface area (Å²) in [5, 5.41) is 2.80. The minimum atomic E-state index is -0.280. The van der Waals surface area contributed by atoms with Crippen LogP contribution in [0.3, 0.4) is 0 Å². The molecule has 0 radical (unpaired) electrons. The lowest BCUT2D eigenvalue weighted by atomic mass is 10.0. The van der Waals surface area contributed by atoms with Gasteiger partial charge in [0, 0.05) is 40.5 Å². The summed E-state index contributed by atoms with van der Waals surface area (Å²) in [7, 11) is 0. The molecule has 0 N–H and O–H groups in total. The molecule has 0 saturated heterocycles. The standard InChI is InChI=1S/C34H50N2O2/c1-6-9-11-13-16-28-17-19-32-30(24-28)31-25-29(18-20-33(31)36(32)8-3)26-35(21-10-7-2)22-14-12-15-23-38-34(37)27(4)5/h17-20,24-25H,4,6-16,21-23,26H2,1-3,5H3. The quantitative estimate of drug-likeness (QED) is 0.0958. The van der Waals surface area contributed by atoms with Gasteiger partial charge in [-0.3, -0.25) is 4.90 Å². The van der Waals surface area contributed by atoms with Gasteiger partial charge in [-0.1, -0.05) is 58.2 Å². The number of unbranched alkanes of at least 4 members (excludes halogenated alkanes) is 6. The molecule has 0 amide bonds. The number of aryl methyl sites for hydroxylation is 2. The fourth-order valence-corrected chi connectivity index (χ4v) is 5.36. The van der Waals surface area contributed by atoms with Crippen LogP contribution in [0.5, 0.6) is 0 Å². The Labute approximate surface area is 231 Å². The summed E-state index contributed by atoms with van der Waals surface area (Å²) in [4.78, 5) is 14.2. The minimum absolute atomic E-state index is 0.280. The zero-order valence-corrected chi connectivity index (χ0v) is 24.5. The SMILES string of the molecule is C=C(C)C(=O)OCCCCCN(CCCC)Cc1ccc2c(c1)c1cc(CCCCCC)ccc1n2CC. The number of carbonyl (C=O) groups is 1. The number of esters is 1. The van der Waals surface area contributed by atoms with Crippen LogP contribution in [-0.2, 0) is 29.0 Å². The van der Waals surface area contributed by atoms with Gasteiger partial charge in [0.1, 0.15) is 0 Å². The third-order valence-electron chi connectivity index (χ3n) is 7.56. The van der Waals surface area contributed by atoms with Crippen molar-refractivity contribution >= 4 is 27.8 Å². The Bertz CT molecular complexity index is 1180. The van der Waals surface area contributed by atoms with Gasteiger partial charge in [-0.25, -0.2) is 4.79 Å². The fourth-order valence-electron chi connectivity index (χ4n) is 5.36. The van der Waals surface area contributed by atoms with Crippen molar-refractivity contribution in [2.75, 3.05) is 19.7 Å². The van der Waals surface area contributed by atoms with E-state index in [1.807, 2.05) is 0 Å². The maximum atomic E-state index is 11.6. The smallest absolute Gasteiger partial charge is 0.333 e. The maximum Gasteiger partial charge on any atom is 0.333 e. The lowest BCUT2D eigenvalue weighted by molar-refractivity contribution is -0.139. The van der Waals surface area contributed by atoms with Crippen LogP contribution < -0.4 is 0 Å². The summed E-state index contributed by atoms with van der Waals surface area (Å²) in [6.45, 7) is 16.8. The lowest BCUT2D eigenvalue weighted by Crippen LogP contribution is -2.25. The molecule has 0 spiro atoms.